The summed E-state index contributed by atoms with van der Waals surface area (Å²) < 4.78 is 0. The van der Waals surface area contributed by atoms with E-state index in [2.05, 4.69) is 19.1 Å². The molecular formula is C23H43NO3. The molecule has 27 heavy (non-hydrogen) atoms. The van der Waals surface area contributed by atoms with Crippen molar-refractivity contribution in [1.82, 2.24) is 0 Å². The first-order valence-corrected chi connectivity index (χ1v) is 11.4. The zero-order chi connectivity index (χ0) is 20.2. The van der Waals surface area contributed by atoms with Crippen LogP contribution in [0.25, 0.3) is 0 Å². The molecule has 0 aliphatic heterocycles. The van der Waals surface area contributed by atoms with Gasteiger partial charge in [-0.05, 0) is 38.5 Å². The summed E-state index contributed by atoms with van der Waals surface area (Å²) in [6.07, 6.45) is 22.9. The predicted molar refractivity (Wildman–Crippen MR) is 115 cm³/mol. The highest BCUT2D eigenvalue weighted by molar-refractivity contribution is 5.82. The number of unbranched alkanes of at least 4 members (excludes halogenated alkanes) is 12. The number of hydrogen-bond acceptors (Lipinski definition) is 3. The van der Waals surface area contributed by atoms with Crippen LogP contribution in [-0.4, -0.2) is 16.7 Å². The molecule has 0 aromatic rings. The van der Waals surface area contributed by atoms with Crippen LogP contribution in [0.3, 0.4) is 0 Å². The maximum absolute atomic E-state index is 12.0. The average molecular weight is 382 g/mol. The summed E-state index contributed by atoms with van der Waals surface area (Å²) in [6, 6.07) is -0.971. The van der Waals surface area contributed by atoms with Crippen LogP contribution in [0, 0.1) is 10.1 Å². The van der Waals surface area contributed by atoms with Crippen LogP contribution >= 0.6 is 0 Å². The van der Waals surface area contributed by atoms with E-state index in [0.717, 1.165) is 38.5 Å². The molecule has 0 saturated heterocycles. The van der Waals surface area contributed by atoms with Crippen molar-refractivity contribution >= 4 is 5.78 Å². The summed E-state index contributed by atoms with van der Waals surface area (Å²) >= 11 is 0. The molecule has 0 aliphatic carbocycles. The lowest BCUT2D eigenvalue weighted by atomic mass is 10.0. The van der Waals surface area contributed by atoms with Gasteiger partial charge in [0.2, 0.25) is 5.78 Å². The fourth-order valence-corrected chi connectivity index (χ4v) is 3.32. The second-order valence-electron chi connectivity index (χ2n) is 7.74. The Bertz CT molecular complexity index is 393. The fraction of sp³-hybridized carbons (Fsp3) is 0.870. The van der Waals surface area contributed by atoms with Gasteiger partial charge >= 0.3 is 0 Å². The lowest BCUT2D eigenvalue weighted by Crippen LogP contribution is -2.29. The molecule has 0 radical (unpaired) electrons. The van der Waals surface area contributed by atoms with E-state index in [0.29, 0.717) is 12.8 Å². The van der Waals surface area contributed by atoms with Crippen molar-refractivity contribution < 1.29 is 9.72 Å². The molecule has 0 aromatic carbocycles. The summed E-state index contributed by atoms with van der Waals surface area (Å²) in [6.45, 7) is 4.24. The van der Waals surface area contributed by atoms with Crippen molar-refractivity contribution in [3.8, 4) is 0 Å². The van der Waals surface area contributed by atoms with Gasteiger partial charge in [-0.2, -0.15) is 0 Å². The molecule has 0 spiro atoms. The number of nitrogens with zero attached hydrogens (tertiary/aromatic N) is 1. The van der Waals surface area contributed by atoms with Gasteiger partial charge in [-0.3, -0.25) is 14.9 Å². The Hall–Kier alpha value is -1.19. The molecule has 0 aliphatic rings. The number of nitro groups is 1. The van der Waals surface area contributed by atoms with Crippen LogP contribution in [-0.2, 0) is 4.79 Å². The molecule has 0 heterocycles. The van der Waals surface area contributed by atoms with Crippen LogP contribution in [0.15, 0.2) is 12.2 Å². The molecule has 4 heteroatoms. The molecule has 0 aromatic heterocycles. The molecular weight excluding hydrogens is 338 g/mol. The summed E-state index contributed by atoms with van der Waals surface area (Å²) in [5.41, 5.74) is 0. The monoisotopic (exact) mass is 381 g/mol. The summed E-state index contributed by atoms with van der Waals surface area (Å²) in [4.78, 5) is 22.6. The Morgan fingerprint density at radius 3 is 1.78 bits per heavy atom. The van der Waals surface area contributed by atoms with Gasteiger partial charge in [0.05, 0.1) is 0 Å². The molecule has 0 saturated carbocycles. The highest BCUT2D eigenvalue weighted by atomic mass is 16.6. The first kappa shape index (κ1) is 25.8. The third-order valence-corrected chi connectivity index (χ3v) is 5.14. The molecule has 0 rings (SSSR count). The first-order valence-electron chi connectivity index (χ1n) is 11.4. The van der Waals surface area contributed by atoms with E-state index in [1.54, 1.807) is 0 Å². The molecule has 0 fully saturated rings. The standard InChI is InChI=1S/C23H43NO3/c1-3-5-7-8-9-10-11-12-13-14-15-16-17-18-19-21-23(25)22(24(26)27)20-6-4-2/h12-13,22H,3-11,14-21H2,1-2H3/b13-12-. The lowest BCUT2D eigenvalue weighted by molar-refractivity contribution is -0.508. The normalized spacial score (nSPS) is 12.5. The van der Waals surface area contributed by atoms with Gasteiger partial charge in [-0.25, -0.2) is 0 Å². The Balaban J connectivity index is 3.49. The number of rotatable bonds is 20. The lowest BCUT2D eigenvalue weighted by Gasteiger charge is -2.07. The van der Waals surface area contributed by atoms with E-state index in [-0.39, 0.29) is 5.78 Å². The van der Waals surface area contributed by atoms with E-state index >= 15 is 0 Å². The zero-order valence-electron chi connectivity index (χ0n) is 17.9. The maximum atomic E-state index is 12.0. The number of allylic oxidation sites excluding steroid dienone is 2. The fourth-order valence-electron chi connectivity index (χ4n) is 3.32. The Morgan fingerprint density at radius 2 is 1.26 bits per heavy atom. The second-order valence-corrected chi connectivity index (χ2v) is 7.74. The maximum Gasteiger partial charge on any atom is 0.270 e. The van der Waals surface area contributed by atoms with Gasteiger partial charge in [-0.1, -0.05) is 83.8 Å². The van der Waals surface area contributed by atoms with Crippen molar-refractivity contribution in [3.63, 3.8) is 0 Å². The molecule has 0 N–H and O–H groups in total. The van der Waals surface area contributed by atoms with Gasteiger partial charge in [0.25, 0.3) is 6.04 Å². The van der Waals surface area contributed by atoms with Gasteiger partial charge < -0.3 is 0 Å². The van der Waals surface area contributed by atoms with Crippen LogP contribution in [0.5, 0.6) is 0 Å². The van der Waals surface area contributed by atoms with Crippen molar-refractivity contribution in [2.75, 3.05) is 0 Å². The van der Waals surface area contributed by atoms with E-state index in [1.807, 2.05) is 6.92 Å². The summed E-state index contributed by atoms with van der Waals surface area (Å²) in [7, 11) is 0. The SMILES string of the molecule is CCCCCCCC/C=C\CCCCCCCC(=O)C(CCCC)[N+](=O)[O-]. The minimum absolute atomic E-state index is 0.175. The van der Waals surface area contributed by atoms with Crippen molar-refractivity contribution in [2.24, 2.45) is 0 Å². The van der Waals surface area contributed by atoms with Gasteiger partial charge in [0.15, 0.2) is 0 Å². The van der Waals surface area contributed by atoms with Crippen LogP contribution in [0.2, 0.25) is 0 Å². The average Bonchev–Trinajstić information content (AvgIpc) is 2.65. The second kappa shape index (κ2) is 19.6. The first-order chi connectivity index (χ1) is 13.1. The number of ketones is 1. The number of carbonyl (C=O) groups is 1. The third kappa shape index (κ3) is 16.7. The van der Waals surface area contributed by atoms with E-state index < -0.39 is 11.0 Å². The number of carbonyl (C=O) groups excluding carboxylic acids is 1. The topological polar surface area (TPSA) is 60.2 Å². The van der Waals surface area contributed by atoms with Gasteiger partial charge in [-0.15, -0.1) is 0 Å². The molecule has 0 bridgehead atoms. The van der Waals surface area contributed by atoms with Gasteiger partial charge in [0, 0.05) is 17.8 Å². The van der Waals surface area contributed by atoms with Crippen LogP contribution < -0.4 is 0 Å². The van der Waals surface area contributed by atoms with Crippen LogP contribution in [0.4, 0.5) is 0 Å². The van der Waals surface area contributed by atoms with Crippen molar-refractivity contribution in [3.05, 3.63) is 22.3 Å². The molecule has 0 amide bonds. The van der Waals surface area contributed by atoms with E-state index in [4.69, 9.17) is 0 Å². The Morgan fingerprint density at radius 1 is 0.778 bits per heavy atom. The molecule has 1 atom stereocenters. The van der Waals surface area contributed by atoms with Gasteiger partial charge in [0.1, 0.15) is 0 Å². The Labute approximate surface area is 167 Å². The van der Waals surface area contributed by atoms with E-state index in [9.17, 15) is 14.9 Å². The highest BCUT2D eigenvalue weighted by Crippen LogP contribution is 2.13. The molecule has 1 unspecified atom stereocenters. The predicted octanol–water partition coefficient (Wildman–Crippen LogP) is 7.43. The van der Waals surface area contributed by atoms with Crippen molar-refractivity contribution in [2.45, 2.75) is 129 Å². The zero-order valence-corrected chi connectivity index (χ0v) is 17.9. The third-order valence-electron chi connectivity index (χ3n) is 5.14. The summed E-state index contributed by atoms with van der Waals surface area (Å²) in [5.74, 6) is -0.175. The quantitative estimate of drug-likeness (QED) is 0.0953. The Kier molecular flexibility index (Phi) is 18.7. The largest absolute Gasteiger partial charge is 0.292 e. The van der Waals surface area contributed by atoms with Crippen molar-refractivity contribution in [1.29, 1.82) is 0 Å². The minimum atomic E-state index is -0.971. The van der Waals surface area contributed by atoms with Crippen LogP contribution in [0.1, 0.15) is 123 Å². The number of Topliss-reactive ketones (excluding diaryl/α,β-unsaturated/α-hetero) is 1. The summed E-state index contributed by atoms with van der Waals surface area (Å²) in [5, 5.41) is 11.0. The number of hydrogen-bond donors (Lipinski definition) is 0. The smallest absolute Gasteiger partial charge is 0.270 e. The highest BCUT2D eigenvalue weighted by Gasteiger charge is 2.27. The molecule has 4 nitrogen and oxygen atoms in total. The van der Waals surface area contributed by atoms with E-state index in [1.165, 1.54) is 57.8 Å². The molecule has 158 valence electrons. The minimum Gasteiger partial charge on any atom is -0.292 e.